The van der Waals surface area contributed by atoms with E-state index in [0.29, 0.717) is 11.3 Å². The summed E-state index contributed by atoms with van der Waals surface area (Å²) in [4.78, 5) is 26.8. The molecule has 0 spiro atoms. The Morgan fingerprint density at radius 1 is 1.11 bits per heavy atom. The second-order valence-corrected chi connectivity index (χ2v) is 6.49. The van der Waals surface area contributed by atoms with Gasteiger partial charge in [0.25, 0.3) is 5.91 Å². The van der Waals surface area contributed by atoms with E-state index < -0.39 is 23.8 Å². The van der Waals surface area contributed by atoms with Crippen LogP contribution in [0.25, 0.3) is 0 Å². The van der Waals surface area contributed by atoms with Crippen LogP contribution in [0.2, 0.25) is 0 Å². The number of amides is 3. The second-order valence-electron chi connectivity index (χ2n) is 6.49. The molecule has 3 amide bonds. The number of allylic oxidation sites excluding steroid dienone is 1. The van der Waals surface area contributed by atoms with Gasteiger partial charge in [-0.3, -0.25) is 4.79 Å². The number of carbonyl (C=O) groups excluding carboxylic acids is 2. The lowest BCUT2D eigenvalue weighted by atomic mass is 9.94. The number of benzene rings is 2. The average Bonchev–Trinajstić information content (AvgIpc) is 2.63. The first-order valence-electron chi connectivity index (χ1n) is 8.48. The van der Waals surface area contributed by atoms with Gasteiger partial charge in [0, 0.05) is 25.5 Å². The van der Waals surface area contributed by atoms with Crippen LogP contribution in [-0.4, -0.2) is 26.0 Å². The van der Waals surface area contributed by atoms with Crippen molar-refractivity contribution in [2.45, 2.75) is 13.0 Å². The predicted octanol–water partition coefficient (Wildman–Crippen LogP) is 3.16. The smallest absolute Gasteiger partial charge is 0.319 e. The Labute approximate surface area is 157 Å². The molecule has 0 aliphatic carbocycles. The average molecular weight is 368 g/mol. The van der Waals surface area contributed by atoms with E-state index in [1.807, 2.05) is 43.3 Å². The van der Waals surface area contributed by atoms with Crippen LogP contribution in [0.3, 0.4) is 0 Å². The number of rotatable bonds is 4. The van der Waals surface area contributed by atoms with Crippen molar-refractivity contribution in [2.75, 3.05) is 24.3 Å². The molecule has 0 aromatic heterocycles. The summed E-state index contributed by atoms with van der Waals surface area (Å²) in [6, 6.07) is 12.4. The molecule has 1 aliphatic rings. The molecule has 0 fully saturated rings. The van der Waals surface area contributed by atoms with E-state index in [4.69, 9.17) is 0 Å². The molecule has 1 atom stereocenters. The number of para-hydroxylation sites is 1. The van der Waals surface area contributed by atoms with Crippen molar-refractivity contribution in [3.63, 3.8) is 0 Å². The van der Waals surface area contributed by atoms with Gasteiger partial charge in [0.1, 0.15) is 5.82 Å². The first kappa shape index (κ1) is 18.4. The van der Waals surface area contributed by atoms with E-state index in [0.717, 1.165) is 11.3 Å². The lowest BCUT2D eigenvalue weighted by molar-refractivity contribution is -0.113. The topological polar surface area (TPSA) is 73.5 Å². The van der Waals surface area contributed by atoms with E-state index in [9.17, 15) is 14.0 Å². The predicted molar refractivity (Wildman–Crippen MR) is 103 cm³/mol. The molecular formula is C20H21FN4O2. The lowest BCUT2D eigenvalue weighted by Gasteiger charge is -2.29. The third-order valence-electron chi connectivity index (χ3n) is 4.38. The Morgan fingerprint density at radius 2 is 1.78 bits per heavy atom. The third kappa shape index (κ3) is 3.92. The van der Waals surface area contributed by atoms with Crippen molar-refractivity contribution in [3.8, 4) is 0 Å². The van der Waals surface area contributed by atoms with Crippen LogP contribution in [0.1, 0.15) is 18.5 Å². The molecule has 7 heteroatoms. The highest BCUT2D eigenvalue weighted by Gasteiger charge is 2.31. The minimum absolute atomic E-state index is 0.0846. The maximum atomic E-state index is 13.9. The van der Waals surface area contributed by atoms with E-state index in [1.54, 1.807) is 19.1 Å². The van der Waals surface area contributed by atoms with E-state index in [1.165, 1.54) is 12.1 Å². The van der Waals surface area contributed by atoms with Crippen LogP contribution in [0.15, 0.2) is 59.8 Å². The highest BCUT2D eigenvalue weighted by Crippen LogP contribution is 2.29. The van der Waals surface area contributed by atoms with Gasteiger partial charge in [0.2, 0.25) is 0 Å². The molecule has 2 aromatic rings. The van der Waals surface area contributed by atoms with Crippen molar-refractivity contribution in [1.29, 1.82) is 0 Å². The number of urea groups is 1. The second kappa shape index (κ2) is 7.49. The van der Waals surface area contributed by atoms with Gasteiger partial charge in [-0.05, 0) is 36.8 Å². The molecule has 0 saturated heterocycles. The van der Waals surface area contributed by atoms with Gasteiger partial charge in [0.15, 0.2) is 0 Å². The molecule has 0 unspecified atom stereocenters. The van der Waals surface area contributed by atoms with Gasteiger partial charge in [-0.25, -0.2) is 9.18 Å². The summed E-state index contributed by atoms with van der Waals surface area (Å²) in [5.41, 5.74) is 2.59. The molecule has 3 N–H and O–H groups in total. The number of nitrogens with zero attached hydrogens (tertiary/aromatic N) is 1. The molecule has 1 aliphatic heterocycles. The molecule has 0 radical (unpaired) electrons. The fourth-order valence-electron chi connectivity index (χ4n) is 2.96. The van der Waals surface area contributed by atoms with Crippen LogP contribution in [-0.2, 0) is 4.79 Å². The minimum Gasteiger partial charge on any atom is -0.378 e. The number of anilines is 2. The zero-order valence-electron chi connectivity index (χ0n) is 15.3. The van der Waals surface area contributed by atoms with Crippen LogP contribution < -0.4 is 20.9 Å². The van der Waals surface area contributed by atoms with Crippen LogP contribution in [0, 0.1) is 5.82 Å². The van der Waals surface area contributed by atoms with Gasteiger partial charge in [0.05, 0.1) is 17.3 Å². The summed E-state index contributed by atoms with van der Waals surface area (Å²) in [6.07, 6.45) is 0. The van der Waals surface area contributed by atoms with Crippen LogP contribution >= 0.6 is 0 Å². The minimum atomic E-state index is -0.637. The van der Waals surface area contributed by atoms with Gasteiger partial charge < -0.3 is 20.9 Å². The first-order chi connectivity index (χ1) is 12.9. The van der Waals surface area contributed by atoms with Gasteiger partial charge in [-0.15, -0.1) is 0 Å². The standard InChI is InChI=1S/C20H21FN4O2/c1-12-17(19(26)23-16-7-5-4-6-15(16)21)18(24-20(27)22-12)13-8-10-14(11-9-13)25(2)3/h4-11,18H,1-3H3,(H,23,26)(H2,22,24,27)/t18-/m1/s1. The van der Waals surface area contributed by atoms with Gasteiger partial charge in [-0.1, -0.05) is 24.3 Å². The van der Waals surface area contributed by atoms with Crippen molar-refractivity contribution < 1.29 is 14.0 Å². The first-order valence-corrected chi connectivity index (χ1v) is 8.48. The number of hydrogen-bond donors (Lipinski definition) is 3. The molecule has 140 valence electrons. The Morgan fingerprint density at radius 3 is 2.41 bits per heavy atom. The Bertz CT molecular complexity index is 906. The molecule has 1 heterocycles. The Kier molecular flexibility index (Phi) is 5.12. The van der Waals surface area contributed by atoms with E-state index in [2.05, 4.69) is 16.0 Å². The van der Waals surface area contributed by atoms with Crippen molar-refractivity contribution in [2.24, 2.45) is 0 Å². The zero-order chi connectivity index (χ0) is 19.6. The summed E-state index contributed by atoms with van der Waals surface area (Å²) in [7, 11) is 3.86. The molecular weight excluding hydrogens is 347 g/mol. The van der Waals surface area contributed by atoms with E-state index >= 15 is 0 Å². The summed E-state index contributed by atoms with van der Waals surface area (Å²) >= 11 is 0. The molecule has 0 saturated carbocycles. The fraction of sp³-hybridized carbons (Fsp3) is 0.200. The summed E-state index contributed by atoms with van der Waals surface area (Å²) in [5, 5.41) is 7.96. The number of nitrogens with one attached hydrogen (secondary N) is 3. The van der Waals surface area contributed by atoms with Crippen molar-refractivity contribution >= 4 is 23.3 Å². The maximum Gasteiger partial charge on any atom is 0.319 e. The molecule has 0 bridgehead atoms. The fourth-order valence-corrected chi connectivity index (χ4v) is 2.96. The summed E-state index contributed by atoms with van der Waals surface area (Å²) < 4.78 is 13.9. The van der Waals surface area contributed by atoms with Crippen LogP contribution in [0.5, 0.6) is 0 Å². The number of halogens is 1. The van der Waals surface area contributed by atoms with Gasteiger partial charge >= 0.3 is 6.03 Å². The SMILES string of the molecule is CC1=C(C(=O)Nc2ccccc2F)[C@@H](c2ccc(N(C)C)cc2)NC(=O)N1. The molecule has 27 heavy (non-hydrogen) atoms. The van der Waals surface area contributed by atoms with Gasteiger partial charge in [-0.2, -0.15) is 0 Å². The third-order valence-corrected chi connectivity index (χ3v) is 4.38. The van der Waals surface area contributed by atoms with Crippen molar-refractivity contribution in [1.82, 2.24) is 10.6 Å². The number of hydrogen-bond acceptors (Lipinski definition) is 3. The number of carbonyl (C=O) groups is 2. The normalized spacial score (nSPS) is 16.4. The lowest BCUT2D eigenvalue weighted by Crippen LogP contribution is -2.46. The Hall–Kier alpha value is -3.35. The zero-order valence-corrected chi connectivity index (χ0v) is 15.3. The molecule has 2 aromatic carbocycles. The van der Waals surface area contributed by atoms with Crippen molar-refractivity contribution in [3.05, 3.63) is 71.2 Å². The summed E-state index contributed by atoms with van der Waals surface area (Å²) in [6.45, 7) is 1.65. The monoisotopic (exact) mass is 368 g/mol. The van der Waals surface area contributed by atoms with E-state index in [-0.39, 0.29) is 5.69 Å². The highest BCUT2D eigenvalue weighted by molar-refractivity contribution is 6.06. The Balaban J connectivity index is 1.94. The highest BCUT2D eigenvalue weighted by atomic mass is 19.1. The maximum absolute atomic E-state index is 13.9. The molecule has 3 rings (SSSR count). The van der Waals surface area contributed by atoms with Crippen LogP contribution in [0.4, 0.5) is 20.6 Å². The largest absolute Gasteiger partial charge is 0.378 e. The summed E-state index contributed by atoms with van der Waals surface area (Å²) in [5.74, 6) is -1.00. The molecule has 6 nitrogen and oxygen atoms in total. The quantitative estimate of drug-likeness (QED) is 0.776.